The van der Waals surface area contributed by atoms with Gasteiger partial charge in [-0.2, -0.15) is 0 Å². The summed E-state index contributed by atoms with van der Waals surface area (Å²) in [7, 11) is 0. The molecule has 4 saturated heterocycles. The standard InChI is InChI=1S/C20H28N2O5.C20H27NO5/c1-19(2,3)27-17(23)21-20-13-22(11-16(20)9-10-25-14-20)18(24)26-12-15-7-5-4-6-8-15;1-19(2,3)26-17(22)20-13-21(11-16(20)9-10-24-14-20)18(23)25-12-15-7-5-4-6-8-15/h4-8,16H,9-14H2,1-3H3,(H,21,23);4-8,16H,9-14H2,1-3H3/t2*16-,20+/m11/s1. The van der Waals surface area contributed by atoms with Crippen molar-refractivity contribution < 1.29 is 47.6 Å². The van der Waals surface area contributed by atoms with Gasteiger partial charge in [0.1, 0.15) is 29.8 Å². The van der Waals surface area contributed by atoms with E-state index in [1.54, 1.807) is 9.80 Å². The lowest BCUT2D eigenvalue weighted by Gasteiger charge is -2.38. The second kappa shape index (κ2) is 16.8. The quantitative estimate of drug-likeness (QED) is 0.280. The van der Waals surface area contributed by atoms with Gasteiger partial charge in [0.25, 0.3) is 0 Å². The number of ether oxygens (including phenoxy) is 6. The van der Waals surface area contributed by atoms with Gasteiger partial charge in [0.15, 0.2) is 0 Å². The van der Waals surface area contributed by atoms with Crippen molar-refractivity contribution in [3.63, 3.8) is 0 Å². The highest BCUT2D eigenvalue weighted by atomic mass is 16.6. The number of amides is 3. The number of hydrogen-bond acceptors (Lipinski definition) is 10. The van der Waals surface area contributed by atoms with Crippen LogP contribution in [0, 0.1) is 17.3 Å². The van der Waals surface area contributed by atoms with Crippen LogP contribution in [0.2, 0.25) is 0 Å². The summed E-state index contributed by atoms with van der Waals surface area (Å²) >= 11 is 0. The van der Waals surface area contributed by atoms with Gasteiger partial charge in [-0.15, -0.1) is 0 Å². The molecule has 1 N–H and O–H groups in total. The van der Waals surface area contributed by atoms with Crippen LogP contribution in [0.3, 0.4) is 0 Å². The Morgan fingerprint density at radius 1 is 0.698 bits per heavy atom. The van der Waals surface area contributed by atoms with E-state index in [2.05, 4.69) is 5.32 Å². The van der Waals surface area contributed by atoms with Crippen LogP contribution in [0.5, 0.6) is 0 Å². The first kappa shape index (κ1) is 39.8. The van der Waals surface area contributed by atoms with Gasteiger partial charge in [0, 0.05) is 45.3 Å². The summed E-state index contributed by atoms with van der Waals surface area (Å²) in [6.45, 7) is 15.0. The van der Waals surface area contributed by atoms with Crippen LogP contribution in [0.15, 0.2) is 60.7 Å². The van der Waals surface area contributed by atoms with Crippen LogP contribution in [0.1, 0.15) is 65.5 Å². The molecular weight excluding hydrogens is 682 g/mol. The van der Waals surface area contributed by atoms with Crippen LogP contribution in [-0.4, -0.2) is 103 Å². The fourth-order valence-electron chi connectivity index (χ4n) is 7.23. The highest BCUT2D eigenvalue weighted by Crippen LogP contribution is 2.43. The molecule has 13 nitrogen and oxygen atoms in total. The molecule has 2 aromatic carbocycles. The summed E-state index contributed by atoms with van der Waals surface area (Å²) in [5, 5.41) is 2.97. The van der Waals surface area contributed by atoms with E-state index in [-0.39, 0.29) is 50.3 Å². The van der Waals surface area contributed by atoms with E-state index < -0.39 is 34.3 Å². The van der Waals surface area contributed by atoms with Crippen molar-refractivity contribution in [1.29, 1.82) is 0 Å². The van der Waals surface area contributed by atoms with E-state index in [1.165, 1.54) is 0 Å². The number of nitrogens with zero attached hydrogens (tertiary/aromatic N) is 2. The minimum atomic E-state index is -0.794. The SMILES string of the molecule is CC(C)(C)OC(=O)N[C@@]12COCC[C@@H]1CN(C(=O)OCc1ccccc1)C2.CC(C)(C)OC(=O)[C@@]12COCC[C@@H]1CN(C(=O)OCc1ccccc1)C2. The number of hydrogen-bond donors (Lipinski definition) is 1. The maximum absolute atomic E-state index is 12.9. The maximum Gasteiger partial charge on any atom is 0.410 e. The number of esters is 1. The lowest BCUT2D eigenvalue weighted by atomic mass is 9.75. The zero-order chi connectivity index (χ0) is 38.3. The van der Waals surface area contributed by atoms with Crippen molar-refractivity contribution in [2.24, 2.45) is 17.3 Å². The topological polar surface area (TPSA) is 142 Å². The first-order valence-corrected chi connectivity index (χ1v) is 18.4. The van der Waals surface area contributed by atoms with Gasteiger partial charge in [-0.25, -0.2) is 14.4 Å². The monoisotopic (exact) mass is 737 g/mol. The Kier molecular flexibility index (Phi) is 12.6. The Morgan fingerprint density at radius 3 is 1.74 bits per heavy atom. The molecule has 0 bridgehead atoms. The van der Waals surface area contributed by atoms with Crippen LogP contribution < -0.4 is 5.32 Å². The molecule has 0 spiro atoms. The third-order valence-corrected chi connectivity index (χ3v) is 9.81. The number of rotatable bonds is 6. The number of alkyl carbamates (subject to hydrolysis) is 1. The summed E-state index contributed by atoms with van der Waals surface area (Å²) in [4.78, 5) is 53.5. The van der Waals surface area contributed by atoms with Crippen molar-refractivity contribution in [3.8, 4) is 0 Å². The van der Waals surface area contributed by atoms with Crippen LogP contribution >= 0.6 is 0 Å². The van der Waals surface area contributed by atoms with E-state index in [4.69, 9.17) is 28.4 Å². The van der Waals surface area contributed by atoms with E-state index in [1.807, 2.05) is 102 Å². The highest BCUT2D eigenvalue weighted by Gasteiger charge is 2.57. The number of fused-ring (bicyclic) bond motifs is 2. The molecule has 13 heteroatoms. The number of likely N-dealkylation sites (tertiary alicyclic amines) is 2. The molecule has 6 rings (SSSR count). The van der Waals surface area contributed by atoms with Crippen LogP contribution in [-0.2, 0) is 46.4 Å². The van der Waals surface area contributed by atoms with Crippen molar-refractivity contribution in [1.82, 2.24) is 15.1 Å². The van der Waals surface area contributed by atoms with Gasteiger partial charge in [-0.3, -0.25) is 4.79 Å². The van der Waals surface area contributed by atoms with Crippen molar-refractivity contribution >= 4 is 24.2 Å². The lowest BCUT2D eigenvalue weighted by molar-refractivity contribution is -0.178. The molecule has 0 radical (unpaired) electrons. The predicted octanol–water partition coefficient (Wildman–Crippen LogP) is 5.94. The molecule has 0 saturated carbocycles. The first-order chi connectivity index (χ1) is 25.1. The van der Waals surface area contributed by atoms with Gasteiger partial charge < -0.3 is 43.5 Å². The van der Waals surface area contributed by atoms with Gasteiger partial charge in [-0.1, -0.05) is 60.7 Å². The minimum Gasteiger partial charge on any atom is -0.459 e. The van der Waals surface area contributed by atoms with Gasteiger partial charge >= 0.3 is 24.2 Å². The second-order valence-electron chi connectivity index (χ2n) is 16.4. The maximum atomic E-state index is 12.9. The lowest BCUT2D eigenvalue weighted by Crippen LogP contribution is -2.60. The van der Waals surface area contributed by atoms with E-state index in [0.29, 0.717) is 39.5 Å². The molecule has 4 heterocycles. The largest absolute Gasteiger partial charge is 0.459 e. The predicted molar refractivity (Wildman–Crippen MR) is 195 cm³/mol. The Bertz CT molecular complexity index is 1560. The average Bonchev–Trinajstić information content (AvgIpc) is 3.69. The van der Waals surface area contributed by atoms with Gasteiger partial charge in [0.2, 0.25) is 0 Å². The third kappa shape index (κ3) is 10.6. The molecule has 4 aliphatic rings. The van der Waals surface area contributed by atoms with Crippen LogP contribution in [0.4, 0.5) is 14.4 Å². The Balaban J connectivity index is 0.000000204. The molecule has 290 valence electrons. The summed E-state index contributed by atoms with van der Waals surface area (Å²) in [5.74, 6) is -0.133. The Morgan fingerprint density at radius 2 is 1.19 bits per heavy atom. The number of carbonyl (C=O) groups is 4. The first-order valence-electron chi connectivity index (χ1n) is 18.4. The fourth-order valence-corrected chi connectivity index (χ4v) is 7.23. The Labute approximate surface area is 312 Å². The molecule has 2 aromatic rings. The van der Waals surface area contributed by atoms with Gasteiger partial charge in [-0.05, 0) is 71.4 Å². The minimum absolute atomic E-state index is 0.0374. The van der Waals surface area contributed by atoms with E-state index >= 15 is 0 Å². The zero-order valence-electron chi connectivity index (χ0n) is 31.9. The molecule has 4 aliphatic heterocycles. The normalized spacial score (nSPS) is 25.2. The van der Waals surface area contributed by atoms with Crippen LogP contribution in [0.25, 0.3) is 0 Å². The van der Waals surface area contributed by atoms with Gasteiger partial charge in [0.05, 0.1) is 18.8 Å². The third-order valence-electron chi connectivity index (χ3n) is 9.81. The summed E-state index contributed by atoms with van der Waals surface area (Å²) in [6, 6.07) is 19.1. The molecule has 4 atom stereocenters. The van der Waals surface area contributed by atoms with Crippen molar-refractivity contribution in [3.05, 3.63) is 71.8 Å². The molecule has 0 unspecified atom stereocenters. The van der Waals surface area contributed by atoms with E-state index in [9.17, 15) is 19.2 Å². The summed E-state index contributed by atoms with van der Waals surface area (Å²) in [5.41, 5.74) is -0.716. The molecule has 3 amide bonds. The number of nitrogens with one attached hydrogen (secondary N) is 1. The molecule has 0 aliphatic carbocycles. The van der Waals surface area contributed by atoms with E-state index in [0.717, 1.165) is 24.0 Å². The average molecular weight is 738 g/mol. The highest BCUT2D eigenvalue weighted by molar-refractivity contribution is 5.81. The summed E-state index contributed by atoms with van der Waals surface area (Å²) < 4.78 is 33.2. The smallest absolute Gasteiger partial charge is 0.410 e. The van der Waals surface area contributed by atoms with Crippen molar-refractivity contribution in [2.45, 2.75) is 84.3 Å². The second-order valence-corrected chi connectivity index (χ2v) is 16.4. The molecule has 4 fully saturated rings. The number of carbonyl (C=O) groups excluding carboxylic acids is 4. The molecule has 53 heavy (non-hydrogen) atoms. The molecular formula is C40H55N3O10. The number of benzene rings is 2. The molecule has 0 aromatic heterocycles. The van der Waals surface area contributed by atoms with Crippen molar-refractivity contribution in [2.75, 3.05) is 52.6 Å². The summed E-state index contributed by atoms with van der Waals surface area (Å²) in [6.07, 6.45) is 0.252. The Hall–Kier alpha value is -4.36. The fraction of sp³-hybridized carbons (Fsp3) is 0.600. The zero-order valence-corrected chi connectivity index (χ0v) is 31.9.